The number of morpholine rings is 1. The molecule has 2 amide bonds. The van der Waals surface area contributed by atoms with Gasteiger partial charge in [-0.25, -0.2) is 17.3 Å². The number of benzene rings is 2. The van der Waals surface area contributed by atoms with Crippen LogP contribution in [0, 0.1) is 0 Å². The van der Waals surface area contributed by atoms with Crippen molar-refractivity contribution in [2.75, 3.05) is 57.5 Å². The molecule has 0 radical (unpaired) electrons. The van der Waals surface area contributed by atoms with E-state index in [1.807, 2.05) is 33.8 Å². The van der Waals surface area contributed by atoms with Gasteiger partial charge in [0.15, 0.2) is 0 Å². The summed E-state index contributed by atoms with van der Waals surface area (Å²) >= 11 is 0. The lowest BCUT2D eigenvalue weighted by molar-refractivity contribution is -0.124. The van der Waals surface area contributed by atoms with E-state index in [1.54, 1.807) is 12.1 Å². The highest BCUT2D eigenvalue weighted by Gasteiger charge is 2.56. The zero-order valence-corrected chi connectivity index (χ0v) is 30.8. The van der Waals surface area contributed by atoms with Crippen LogP contribution in [0.25, 0.3) is 0 Å². The third-order valence-corrected chi connectivity index (χ3v) is 10.4. The second-order valence-corrected chi connectivity index (χ2v) is 16.2. The van der Waals surface area contributed by atoms with Crippen molar-refractivity contribution in [3.63, 3.8) is 0 Å². The number of nitrogens with one attached hydrogen (secondary N) is 1. The van der Waals surface area contributed by atoms with Gasteiger partial charge in [-0.05, 0) is 95.3 Å². The average molecular weight is 742 g/mol. The molecule has 2 fully saturated rings. The van der Waals surface area contributed by atoms with E-state index in [9.17, 15) is 18.0 Å². The SMILES string of the molecule is CCOc1ccc2c(c1)C1(CCC(OCCN3CCOCC3)CC1)C(=O)N2S(=O)(=O)c1ccc(C(=O)NC(C)(C)C)cc1OC.O=P(O)(O)O. The first-order valence-electron chi connectivity index (χ1n) is 16.5. The number of fused-ring (bicyclic) bond motifs is 2. The Labute approximate surface area is 293 Å². The van der Waals surface area contributed by atoms with Crippen molar-refractivity contribution in [3.05, 3.63) is 47.5 Å². The van der Waals surface area contributed by atoms with Gasteiger partial charge in [0.2, 0.25) is 0 Å². The highest BCUT2D eigenvalue weighted by molar-refractivity contribution is 7.93. The third kappa shape index (κ3) is 9.62. The second-order valence-electron chi connectivity index (χ2n) is 13.4. The number of hydrogen-bond acceptors (Lipinski definition) is 10. The number of carbonyl (C=O) groups excluding carboxylic acids is 2. The Hall–Kier alpha value is -3.08. The molecule has 2 heterocycles. The minimum absolute atomic E-state index is 0.0134. The molecule has 50 heavy (non-hydrogen) atoms. The van der Waals surface area contributed by atoms with Crippen molar-refractivity contribution in [1.82, 2.24) is 10.2 Å². The number of rotatable bonds is 10. The molecular formula is C33H48N3O12PS. The van der Waals surface area contributed by atoms with E-state index in [-0.39, 0.29) is 28.2 Å². The first kappa shape index (κ1) is 39.7. The topological polar surface area (TPSA) is 201 Å². The fourth-order valence-electron chi connectivity index (χ4n) is 6.43. The number of amides is 2. The summed E-state index contributed by atoms with van der Waals surface area (Å²) < 4.78 is 61.4. The summed E-state index contributed by atoms with van der Waals surface area (Å²) in [4.78, 5) is 50.9. The lowest BCUT2D eigenvalue weighted by atomic mass is 9.69. The Bertz CT molecular complexity index is 1670. The largest absolute Gasteiger partial charge is 0.495 e. The van der Waals surface area contributed by atoms with Crippen LogP contribution in [0.2, 0.25) is 0 Å². The zero-order valence-electron chi connectivity index (χ0n) is 29.1. The summed E-state index contributed by atoms with van der Waals surface area (Å²) in [7, 11) is -7.72. The molecule has 0 atom stereocenters. The number of ether oxygens (including phenoxy) is 4. The van der Waals surface area contributed by atoms with Gasteiger partial charge in [0.1, 0.15) is 16.4 Å². The Morgan fingerprint density at radius 3 is 2.30 bits per heavy atom. The molecule has 2 aromatic rings. The minimum atomic E-state index is -4.64. The van der Waals surface area contributed by atoms with Crippen LogP contribution in [0.5, 0.6) is 11.5 Å². The van der Waals surface area contributed by atoms with Crippen LogP contribution in [-0.2, 0) is 34.3 Å². The van der Waals surface area contributed by atoms with Gasteiger partial charge in [-0.2, -0.15) is 0 Å². The first-order chi connectivity index (χ1) is 23.4. The monoisotopic (exact) mass is 741 g/mol. The van der Waals surface area contributed by atoms with Gasteiger partial charge in [-0.1, -0.05) is 0 Å². The second kappa shape index (κ2) is 16.1. The van der Waals surface area contributed by atoms with E-state index in [1.165, 1.54) is 25.3 Å². The lowest BCUT2D eigenvalue weighted by Crippen LogP contribution is -2.46. The van der Waals surface area contributed by atoms with E-state index in [0.717, 1.165) is 37.2 Å². The number of phosphoric acid groups is 1. The highest BCUT2D eigenvalue weighted by Crippen LogP contribution is 2.53. The van der Waals surface area contributed by atoms with Crippen LogP contribution in [0.15, 0.2) is 41.3 Å². The van der Waals surface area contributed by atoms with Crippen molar-refractivity contribution >= 4 is 35.3 Å². The number of nitrogens with zero attached hydrogens (tertiary/aromatic N) is 2. The Kier molecular flexibility index (Phi) is 12.8. The van der Waals surface area contributed by atoms with Gasteiger partial charge in [0.05, 0.1) is 50.7 Å². The van der Waals surface area contributed by atoms with Crippen molar-refractivity contribution < 1.29 is 56.2 Å². The molecule has 1 aliphatic carbocycles. The molecule has 3 aliphatic rings. The van der Waals surface area contributed by atoms with Crippen molar-refractivity contribution in [2.24, 2.45) is 0 Å². The Morgan fingerprint density at radius 1 is 1.08 bits per heavy atom. The van der Waals surface area contributed by atoms with Crippen molar-refractivity contribution in [2.45, 2.75) is 75.3 Å². The molecule has 1 saturated heterocycles. The summed E-state index contributed by atoms with van der Waals surface area (Å²) in [6, 6.07) is 9.30. The first-order valence-corrected chi connectivity index (χ1v) is 19.5. The summed E-state index contributed by atoms with van der Waals surface area (Å²) in [5, 5.41) is 2.87. The van der Waals surface area contributed by atoms with Crippen LogP contribution in [0.1, 0.15) is 69.3 Å². The van der Waals surface area contributed by atoms with Crippen LogP contribution < -0.4 is 19.1 Å². The number of carbonyl (C=O) groups is 2. The maximum Gasteiger partial charge on any atom is 0.466 e. The molecule has 0 aromatic heterocycles. The number of hydrogen-bond donors (Lipinski definition) is 4. The molecule has 17 heteroatoms. The average Bonchev–Trinajstić information content (AvgIpc) is 3.27. The smallest absolute Gasteiger partial charge is 0.466 e. The maximum absolute atomic E-state index is 14.4. The minimum Gasteiger partial charge on any atom is -0.495 e. The van der Waals surface area contributed by atoms with Gasteiger partial charge < -0.3 is 38.9 Å². The van der Waals surface area contributed by atoms with E-state index in [4.69, 9.17) is 38.2 Å². The van der Waals surface area contributed by atoms with Gasteiger partial charge in [0.25, 0.3) is 21.8 Å². The van der Waals surface area contributed by atoms with Crippen molar-refractivity contribution in [3.8, 4) is 11.5 Å². The van der Waals surface area contributed by atoms with Crippen LogP contribution >= 0.6 is 7.82 Å². The van der Waals surface area contributed by atoms with E-state index in [2.05, 4.69) is 10.2 Å². The number of anilines is 1. The van der Waals surface area contributed by atoms with Crippen LogP contribution in [0.4, 0.5) is 5.69 Å². The number of sulfonamides is 1. The predicted molar refractivity (Wildman–Crippen MR) is 184 cm³/mol. The summed E-state index contributed by atoms with van der Waals surface area (Å²) in [5.74, 6) is -0.290. The summed E-state index contributed by atoms with van der Waals surface area (Å²) in [6.45, 7) is 12.6. The van der Waals surface area contributed by atoms with E-state index in [0.29, 0.717) is 55.9 Å². The molecule has 278 valence electrons. The molecule has 5 rings (SSSR count). The van der Waals surface area contributed by atoms with Gasteiger partial charge in [0, 0.05) is 30.7 Å². The molecule has 1 spiro atoms. The molecule has 0 unspecified atom stereocenters. The maximum atomic E-state index is 14.4. The quantitative estimate of drug-likeness (QED) is 0.259. The van der Waals surface area contributed by atoms with E-state index >= 15 is 0 Å². The third-order valence-electron chi connectivity index (χ3n) is 8.69. The molecule has 0 bridgehead atoms. The normalized spacial score (nSPS) is 21.3. The van der Waals surface area contributed by atoms with E-state index < -0.39 is 34.7 Å². The summed E-state index contributed by atoms with van der Waals surface area (Å²) in [6.07, 6.45) is 2.14. The molecular weight excluding hydrogens is 693 g/mol. The fourth-order valence-corrected chi connectivity index (χ4v) is 8.07. The molecule has 2 aromatic carbocycles. The molecule has 4 N–H and O–H groups in total. The standard InChI is InChI=1S/C33H45N3O8S.H3O4P/c1-6-43-25-8-9-27-26(22-25)33(13-11-24(12-14-33)44-20-17-35-15-18-42-19-16-35)31(38)36(27)45(39,40)29-10-7-23(21-28(29)41-5)30(37)34-32(2,3)4;1-5(2,3)4/h7-10,21-22,24H,6,11-20H2,1-5H3,(H,34,37);(H3,1,2,3,4). The van der Waals surface area contributed by atoms with Crippen LogP contribution in [-0.4, -0.2) is 105 Å². The predicted octanol–water partition coefficient (Wildman–Crippen LogP) is 2.96. The highest BCUT2D eigenvalue weighted by atomic mass is 32.2. The Balaban J connectivity index is 0.00000105. The van der Waals surface area contributed by atoms with Gasteiger partial charge in [-0.15, -0.1) is 0 Å². The zero-order chi connectivity index (χ0) is 36.9. The van der Waals surface area contributed by atoms with Crippen LogP contribution in [0.3, 0.4) is 0 Å². The van der Waals surface area contributed by atoms with Crippen molar-refractivity contribution in [1.29, 1.82) is 0 Å². The lowest BCUT2D eigenvalue weighted by Gasteiger charge is -2.36. The molecule has 15 nitrogen and oxygen atoms in total. The van der Waals surface area contributed by atoms with Gasteiger partial charge >= 0.3 is 7.82 Å². The Morgan fingerprint density at radius 2 is 1.72 bits per heavy atom. The molecule has 2 aliphatic heterocycles. The molecule has 1 saturated carbocycles. The fraction of sp³-hybridized carbons (Fsp3) is 0.576. The van der Waals surface area contributed by atoms with Gasteiger partial charge in [-0.3, -0.25) is 14.5 Å². The summed E-state index contributed by atoms with van der Waals surface area (Å²) in [5.41, 5.74) is -0.305. The number of methoxy groups -OCH3 is 1.